The summed E-state index contributed by atoms with van der Waals surface area (Å²) >= 11 is 0. The average molecular weight is 447 g/mol. The number of amides is 1. The summed E-state index contributed by atoms with van der Waals surface area (Å²) in [5.41, 5.74) is 1.54. The van der Waals surface area contributed by atoms with Crippen LogP contribution in [0.3, 0.4) is 0 Å². The maximum absolute atomic E-state index is 13.2. The molecule has 0 saturated carbocycles. The van der Waals surface area contributed by atoms with Crippen molar-refractivity contribution in [3.63, 3.8) is 0 Å². The van der Waals surface area contributed by atoms with Crippen LogP contribution in [0, 0.1) is 5.82 Å². The summed E-state index contributed by atoms with van der Waals surface area (Å²) in [7, 11) is 1.48. The van der Waals surface area contributed by atoms with Crippen LogP contribution in [-0.2, 0) is 11.3 Å². The molecule has 0 bridgehead atoms. The Morgan fingerprint density at radius 2 is 1.84 bits per heavy atom. The molecule has 0 aliphatic carbocycles. The number of hydrogen-bond acceptors (Lipinski definition) is 6. The number of carbonyl (C=O) groups is 1. The third-order valence-corrected chi connectivity index (χ3v) is 5.83. The van der Waals surface area contributed by atoms with Gasteiger partial charge in [0.2, 0.25) is 0 Å². The lowest BCUT2D eigenvalue weighted by molar-refractivity contribution is -0.139. The fourth-order valence-corrected chi connectivity index (χ4v) is 3.93. The Balaban J connectivity index is 1.58. The lowest BCUT2D eigenvalue weighted by atomic mass is 10.1. The number of aliphatic hydroxyl groups excluding tert-OH is 2. The van der Waals surface area contributed by atoms with Crippen molar-refractivity contribution in [2.75, 3.05) is 33.4 Å². The summed E-state index contributed by atoms with van der Waals surface area (Å²) in [6.07, 6.45) is -1.01. The van der Waals surface area contributed by atoms with Gasteiger partial charge in [-0.25, -0.2) is 4.39 Å². The SMILES string of the molecule is COc1cc(C(O)CO)ccc1OCC(=O)N1C[C@@H](C)N(Cc2ccc(F)cc2)C[C@@H]1C. The highest BCUT2D eigenvalue weighted by Crippen LogP contribution is 2.30. The Labute approximate surface area is 188 Å². The lowest BCUT2D eigenvalue weighted by Gasteiger charge is -2.44. The highest BCUT2D eigenvalue weighted by Gasteiger charge is 2.32. The third kappa shape index (κ3) is 5.76. The van der Waals surface area contributed by atoms with Gasteiger partial charge >= 0.3 is 0 Å². The molecule has 2 aromatic rings. The number of aliphatic hydroxyl groups is 2. The molecule has 1 saturated heterocycles. The van der Waals surface area contributed by atoms with Gasteiger partial charge < -0.3 is 24.6 Å². The van der Waals surface area contributed by atoms with E-state index in [9.17, 15) is 14.3 Å². The maximum Gasteiger partial charge on any atom is 0.260 e. The Bertz CT molecular complexity index is 908. The monoisotopic (exact) mass is 446 g/mol. The van der Waals surface area contributed by atoms with E-state index in [2.05, 4.69) is 11.8 Å². The van der Waals surface area contributed by atoms with Gasteiger partial charge in [-0.3, -0.25) is 9.69 Å². The van der Waals surface area contributed by atoms with Gasteiger partial charge in [0, 0.05) is 31.7 Å². The zero-order valence-corrected chi connectivity index (χ0v) is 18.7. The molecule has 0 spiro atoms. The van der Waals surface area contributed by atoms with Crippen LogP contribution in [-0.4, -0.2) is 71.4 Å². The van der Waals surface area contributed by atoms with Crippen molar-refractivity contribution in [3.05, 3.63) is 59.4 Å². The van der Waals surface area contributed by atoms with Crippen LogP contribution in [0.5, 0.6) is 11.5 Å². The summed E-state index contributed by atoms with van der Waals surface area (Å²) in [6.45, 7) is 5.54. The Morgan fingerprint density at radius 1 is 1.12 bits per heavy atom. The van der Waals surface area contributed by atoms with Gasteiger partial charge in [0.05, 0.1) is 13.7 Å². The molecule has 2 N–H and O–H groups in total. The van der Waals surface area contributed by atoms with Crippen molar-refractivity contribution in [3.8, 4) is 11.5 Å². The summed E-state index contributed by atoms with van der Waals surface area (Å²) in [5, 5.41) is 18.9. The molecule has 174 valence electrons. The third-order valence-electron chi connectivity index (χ3n) is 5.83. The summed E-state index contributed by atoms with van der Waals surface area (Å²) in [6, 6.07) is 11.5. The predicted molar refractivity (Wildman–Crippen MR) is 118 cm³/mol. The van der Waals surface area contributed by atoms with E-state index in [1.807, 2.05) is 11.8 Å². The summed E-state index contributed by atoms with van der Waals surface area (Å²) < 4.78 is 24.2. The Hall–Kier alpha value is -2.68. The highest BCUT2D eigenvalue weighted by atomic mass is 19.1. The minimum absolute atomic E-state index is 0.00622. The minimum Gasteiger partial charge on any atom is -0.493 e. The zero-order valence-electron chi connectivity index (χ0n) is 18.7. The first-order chi connectivity index (χ1) is 15.3. The van der Waals surface area contributed by atoms with E-state index in [0.29, 0.717) is 36.7 Å². The normalized spacial score (nSPS) is 20.1. The second-order valence-corrected chi connectivity index (χ2v) is 8.20. The first-order valence-corrected chi connectivity index (χ1v) is 10.7. The van der Waals surface area contributed by atoms with Gasteiger partial charge in [-0.15, -0.1) is 0 Å². The zero-order chi connectivity index (χ0) is 23.3. The summed E-state index contributed by atoms with van der Waals surface area (Å²) in [4.78, 5) is 17.0. The molecule has 3 atom stereocenters. The fraction of sp³-hybridized carbons (Fsp3) is 0.458. The molecule has 0 aromatic heterocycles. The van der Waals surface area contributed by atoms with Gasteiger partial charge in [0.25, 0.3) is 5.91 Å². The van der Waals surface area contributed by atoms with Gasteiger partial charge in [-0.05, 0) is 49.2 Å². The molecule has 1 aliphatic heterocycles. The molecule has 1 heterocycles. The Kier molecular flexibility index (Phi) is 8.06. The smallest absolute Gasteiger partial charge is 0.260 e. The molecule has 3 rings (SSSR count). The van der Waals surface area contributed by atoms with Crippen molar-refractivity contribution < 1.29 is 28.9 Å². The molecule has 0 radical (unpaired) electrons. The van der Waals surface area contributed by atoms with Crippen LogP contribution in [0.2, 0.25) is 0 Å². The van der Waals surface area contributed by atoms with E-state index in [4.69, 9.17) is 14.6 Å². The van der Waals surface area contributed by atoms with E-state index in [1.54, 1.807) is 30.3 Å². The number of halogens is 1. The minimum atomic E-state index is -1.01. The van der Waals surface area contributed by atoms with E-state index >= 15 is 0 Å². The number of methoxy groups -OCH3 is 1. The lowest BCUT2D eigenvalue weighted by Crippen LogP contribution is -2.58. The summed E-state index contributed by atoms with van der Waals surface area (Å²) in [5.74, 6) is 0.410. The van der Waals surface area contributed by atoms with Crippen LogP contribution in [0.25, 0.3) is 0 Å². The standard InChI is InChI=1S/C24H31FN2O5/c1-16-12-27(17(2)11-26(16)13-18-4-7-20(25)8-5-18)24(30)15-32-22-9-6-19(21(29)14-28)10-23(22)31-3/h4-10,16-17,21,28-29H,11-15H2,1-3H3/t16-,17+,21?/m1/s1. The van der Waals surface area contributed by atoms with Crippen molar-refractivity contribution in [1.29, 1.82) is 0 Å². The van der Waals surface area contributed by atoms with E-state index in [1.165, 1.54) is 19.2 Å². The van der Waals surface area contributed by atoms with Gasteiger partial charge in [0.15, 0.2) is 18.1 Å². The number of piperazine rings is 1. The first-order valence-electron chi connectivity index (χ1n) is 10.7. The Morgan fingerprint density at radius 3 is 2.50 bits per heavy atom. The average Bonchev–Trinajstić information content (AvgIpc) is 2.80. The van der Waals surface area contributed by atoms with Crippen LogP contribution < -0.4 is 9.47 Å². The van der Waals surface area contributed by atoms with Crippen molar-refractivity contribution in [1.82, 2.24) is 9.80 Å². The maximum atomic E-state index is 13.2. The van der Waals surface area contributed by atoms with E-state index in [-0.39, 0.29) is 30.4 Å². The molecule has 8 heteroatoms. The molecule has 2 aromatic carbocycles. The number of hydrogen-bond donors (Lipinski definition) is 2. The van der Waals surface area contributed by atoms with E-state index < -0.39 is 12.7 Å². The molecular formula is C24H31FN2O5. The topological polar surface area (TPSA) is 82.5 Å². The van der Waals surface area contributed by atoms with Gasteiger partial charge in [-0.1, -0.05) is 18.2 Å². The van der Waals surface area contributed by atoms with E-state index in [0.717, 1.165) is 5.56 Å². The first kappa shape index (κ1) is 24.0. The second-order valence-electron chi connectivity index (χ2n) is 8.20. The molecular weight excluding hydrogens is 415 g/mol. The second kappa shape index (κ2) is 10.8. The van der Waals surface area contributed by atoms with Crippen LogP contribution >= 0.6 is 0 Å². The molecule has 1 fully saturated rings. The van der Waals surface area contributed by atoms with Crippen molar-refractivity contribution in [2.24, 2.45) is 0 Å². The number of benzene rings is 2. The van der Waals surface area contributed by atoms with Gasteiger partial charge in [0.1, 0.15) is 11.9 Å². The quantitative estimate of drug-likeness (QED) is 0.648. The fourth-order valence-electron chi connectivity index (χ4n) is 3.93. The molecule has 1 aliphatic rings. The van der Waals surface area contributed by atoms with Crippen molar-refractivity contribution in [2.45, 2.75) is 38.6 Å². The molecule has 32 heavy (non-hydrogen) atoms. The highest BCUT2D eigenvalue weighted by molar-refractivity contribution is 5.78. The van der Waals surface area contributed by atoms with Crippen molar-refractivity contribution >= 4 is 5.91 Å². The number of rotatable bonds is 8. The van der Waals surface area contributed by atoms with Crippen LogP contribution in [0.15, 0.2) is 42.5 Å². The number of ether oxygens (including phenoxy) is 2. The van der Waals surface area contributed by atoms with Crippen LogP contribution in [0.4, 0.5) is 4.39 Å². The number of nitrogens with zero attached hydrogens (tertiary/aromatic N) is 2. The largest absolute Gasteiger partial charge is 0.493 e. The van der Waals surface area contributed by atoms with Crippen LogP contribution in [0.1, 0.15) is 31.1 Å². The molecule has 1 unspecified atom stereocenters. The number of carbonyl (C=O) groups excluding carboxylic acids is 1. The van der Waals surface area contributed by atoms with Gasteiger partial charge in [-0.2, -0.15) is 0 Å². The molecule has 1 amide bonds. The molecule has 7 nitrogen and oxygen atoms in total. The predicted octanol–water partition coefficient (Wildman–Crippen LogP) is 2.36.